The van der Waals surface area contributed by atoms with E-state index in [0.717, 1.165) is 31.2 Å². The van der Waals surface area contributed by atoms with Gasteiger partial charge in [-0.3, -0.25) is 43.7 Å². The molecule has 2 aliphatic heterocycles. The van der Waals surface area contributed by atoms with Crippen molar-refractivity contribution in [2.24, 2.45) is 17.8 Å². The first kappa shape index (κ1) is 67.1. The summed E-state index contributed by atoms with van der Waals surface area (Å²) in [6.45, 7) is 15.8. The molecular formula is C60H94N8O11. The van der Waals surface area contributed by atoms with E-state index in [0.29, 0.717) is 18.4 Å². The zero-order valence-electron chi connectivity index (χ0n) is 50.1. The number of cyclic esters (lactones) is 1. The van der Waals surface area contributed by atoms with E-state index in [9.17, 15) is 38.4 Å². The van der Waals surface area contributed by atoms with Crippen molar-refractivity contribution in [3.63, 3.8) is 0 Å². The van der Waals surface area contributed by atoms with Gasteiger partial charge in [-0.2, -0.15) is 0 Å². The highest BCUT2D eigenvalue weighted by molar-refractivity contribution is 6.00. The Morgan fingerprint density at radius 1 is 0.684 bits per heavy atom. The number of ketones is 1. The Morgan fingerprint density at radius 2 is 1.27 bits per heavy atom. The van der Waals surface area contributed by atoms with Gasteiger partial charge in [-0.05, 0) is 95.5 Å². The summed E-state index contributed by atoms with van der Waals surface area (Å²) in [4.78, 5) is 134. The maximum absolute atomic E-state index is 15.1. The van der Waals surface area contributed by atoms with Crippen LogP contribution in [0.3, 0.4) is 0 Å². The van der Waals surface area contributed by atoms with Crippen molar-refractivity contribution in [2.45, 2.75) is 187 Å². The fourth-order valence-electron chi connectivity index (χ4n) is 10.2. The quantitative estimate of drug-likeness (QED) is 0.231. The lowest BCUT2D eigenvalue weighted by Gasteiger charge is -2.40. The molecule has 0 saturated carbocycles. The molecule has 2 aliphatic rings. The van der Waals surface area contributed by atoms with Crippen LogP contribution >= 0.6 is 0 Å². The number of Topliss-reactive ketones (excluding diaryl/α,β-unsaturated/α-hetero) is 1. The molecule has 0 radical (unpaired) electrons. The maximum atomic E-state index is 15.1. The third-order valence-electron chi connectivity index (χ3n) is 15.4. The van der Waals surface area contributed by atoms with E-state index in [1.807, 2.05) is 64.1 Å². The molecular weight excluding hydrogens is 1010 g/mol. The zero-order chi connectivity index (χ0) is 59.4. The van der Waals surface area contributed by atoms with Gasteiger partial charge in [-0.25, -0.2) is 4.79 Å². The van der Waals surface area contributed by atoms with E-state index in [2.05, 4.69) is 28.1 Å². The summed E-state index contributed by atoms with van der Waals surface area (Å²) >= 11 is 0. The van der Waals surface area contributed by atoms with Gasteiger partial charge < -0.3 is 44.6 Å². The minimum absolute atomic E-state index is 0.0761. The summed E-state index contributed by atoms with van der Waals surface area (Å²) in [6.07, 6.45) is 13.4. The van der Waals surface area contributed by atoms with Gasteiger partial charge in [0.25, 0.3) is 0 Å². The molecule has 2 bridgehead atoms. The second-order valence-electron chi connectivity index (χ2n) is 22.4. The Balaban J connectivity index is 2.07. The number of methoxy groups -OCH3 is 1. The molecule has 1 fully saturated rings. The van der Waals surface area contributed by atoms with E-state index >= 15 is 4.79 Å². The number of carbonyl (C=O) groups excluding carboxylic acids is 9. The monoisotopic (exact) mass is 1100 g/mol. The van der Waals surface area contributed by atoms with Gasteiger partial charge in [0.2, 0.25) is 41.4 Å². The molecule has 0 aliphatic carbocycles. The van der Waals surface area contributed by atoms with Gasteiger partial charge in [0.05, 0.1) is 36.8 Å². The molecule has 19 nitrogen and oxygen atoms in total. The minimum Gasteiger partial charge on any atom is -0.461 e. The molecule has 7 amide bonds. The van der Waals surface area contributed by atoms with Crippen molar-refractivity contribution in [3.8, 4) is 0 Å². The normalized spacial score (nSPS) is 27.6. The van der Waals surface area contributed by atoms with Gasteiger partial charge in [-0.15, -0.1) is 0 Å². The Labute approximate surface area is 470 Å². The zero-order valence-corrected chi connectivity index (χ0v) is 50.1. The van der Waals surface area contributed by atoms with Crippen molar-refractivity contribution >= 4 is 53.1 Å². The van der Waals surface area contributed by atoms with E-state index < -0.39 is 120 Å². The Morgan fingerprint density at radius 3 is 1.86 bits per heavy atom. The van der Waals surface area contributed by atoms with Crippen LogP contribution in [0.25, 0.3) is 0 Å². The summed E-state index contributed by atoms with van der Waals surface area (Å²) in [5, 5.41) is 8.60. The van der Waals surface area contributed by atoms with Gasteiger partial charge in [0.15, 0.2) is 5.78 Å². The highest BCUT2D eigenvalue weighted by Gasteiger charge is 2.46. The molecule has 10 unspecified atom stereocenters. The number of benzene rings is 1. The number of hydrogen-bond donors (Lipinski definition) is 3. The van der Waals surface area contributed by atoms with Gasteiger partial charge in [-0.1, -0.05) is 102 Å². The molecule has 79 heavy (non-hydrogen) atoms. The fourth-order valence-corrected chi connectivity index (χ4v) is 10.2. The van der Waals surface area contributed by atoms with Crippen molar-refractivity contribution in [2.75, 3.05) is 49.4 Å². The number of nitrogens with zero attached hydrogens (tertiary/aromatic N) is 5. The number of carbonyl (C=O) groups is 9. The standard InChI is InChI=1S/C60H94N8O11/c1-37(2)50-58(75)66(13)47(35-43-29-22-20-23-30-43)57(74)68(15)52(39(5)6)59(76)67(14)51(38(3)4)53(70)45-33-34-46(62-45)55(72)65(12)48(36-49(69)61-10)56(73)64(11)42(9)60(77)79-41(8)28-21-18-17-19-24-31-44(78-16)32-26-25-27-40(7)54(71)63-50/h17,19-20,22-23,25-27,29-30,37-39,41-42,44-48,50-52,62H,18,21,24,28,31-36H2,1-16H3,(H,61,69)(H,63,71). The highest BCUT2D eigenvalue weighted by atomic mass is 16.5. The first-order valence-electron chi connectivity index (χ1n) is 28.1. The van der Waals surface area contributed by atoms with Crippen LogP contribution < -0.4 is 16.0 Å². The Bertz CT molecular complexity index is 2340. The van der Waals surface area contributed by atoms with Crippen LogP contribution in [0.2, 0.25) is 0 Å². The second-order valence-corrected chi connectivity index (χ2v) is 22.4. The lowest BCUT2D eigenvalue weighted by atomic mass is 9.91. The smallest absolute Gasteiger partial charge is 0.328 e. The lowest BCUT2D eigenvalue weighted by molar-refractivity contribution is -0.159. The van der Waals surface area contributed by atoms with Crippen LogP contribution in [-0.2, 0) is 59.0 Å². The molecule has 0 spiro atoms. The summed E-state index contributed by atoms with van der Waals surface area (Å²) < 4.78 is 11.5. The van der Waals surface area contributed by atoms with Crippen molar-refractivity contribution in [1.82, 2.24) is 40.4 Å². The average molecular weight is 1100 g/mol. The van der Waals surface area contributed by atoms with Crippen molar-refractivity contribution < 1.29 is 52.6 Å². The maximum Gasteiger partial charge on any atom is 0.328 e. The largest absolute Gasteiger partial charge is 0.461 e. The van der Waals surface area contributed by atoms with Crippen LogP contribution in [-0.4, -0.2) is 188 Å². The number of nitrogens with one attached hydrogen (secondary N) is 3. The molecule has 10 atom stereocenters. The van der Waals surface area contributed by atoms with Crippen LogP contribution in [0.15, 0.2) is 66.3 Å². The lowest BCUT2D eigenvalue weighted by Crippen LogP contribution is -2.61. The summed E-state index contributed by atoms with van der Waals surface area (Å²) in [7, 11) is 10.5. The number of rotatable bonds is 8. The fraction of sp³-hybridized carbons (Fsp3) is 0.650. The van der Waals surface area contributed by atoms with Crippen LogP contribution in [0.5, 0.6) is 0 Å². The number of likely N-dealkylation sites (N-methyl/N-ethyl adjacent to an activating group) is 5. The second kappa shape index (κ2) is 32.1. The number of ether oxygens (including phenoxy) is 2. The molecule has 1 aromatic carbocycles. The number of esters is 1. The van der Waals surface area contributed by atoms with Crippen molar-refractivity contribution in [1.29, 1.82) is 0 Å². The molecule has 19 heteroatoms. The third kappa shape index (κ3) is 19.0. The third-order valence-corrected chi connectivity index (χ3v) is 15.4. The van der Waals surface area contributed by atoms with Crippen molar-refractivity contribution in [3.05, 3.63) is 71.8 Å². The van der Waals surface area contributed by atoms with E-state index in [4.69, 9.17) is 9.47 Å². The molecule has 2 heterocycles. The number of fused-ring (bicyclic) bond motifs is 2. The van der Waals surface area contributed by atoms with E-state index in [-0.39, 0.29) is 37.1 Å². The van der Waals surface area contributed by atoms with Gasteiger partial charge in [0.1, 0.15) is 30.2 Å². The molecule has 0 aromatic heterocycles. The molecule has 3 N–H and O–H groups in total. The molecule has 1 aromatic rings. The first-order chi connectivity index (χ1) is 37.2. The summed E-state index contributed by atoms with van der Waals surface area (Å²) in [5.74, 6) is -5.88. The Hall–Kier alpha value is -6.21. The van der Waals surface area contributed by atoms with Crippen LogP contribution in [0.4, 0.5) is 0 Å². The topological polar surface area (TPSA) is 224 Å². The average Bonchev–Trinajstić information content (AvgIpc) is 3.96. The number of hydrogen-bond acceptors (Lipinski definition) is 12. The SMILES string of the molecule is CNC(=O)CC1C(=O)N(C)C(C)C(=O)OC(C)CCCC=CCCC(OC)CC=CC=C(C)C(=O)NC(C(C)C)C(=O)N(C)C(Cc2ccccc2)C(=O)N(C)C(C(C)C)C(=O)N(C)C(C(C)C)C(=O)C2CCC(N2)C(=O)N1C. The van der Waals surface area contributed by atoms with E-state index in [1.165, 1.54) is 73.7 Å². The Kier molecular flexibility index (Phi) is 27.3. The van der Waals surface area contributed by atoms with Crippen LogP contribution in [0.1, 0.15) is 126 Å². The summed E-state index contributed by atoms with van der Waals surface area (Å²) in [5.41, 5.74) is 1.14. The van der Waals surface area contributed by atoms with Gasteiger partial charge in [0, 0.05) is 61.4 Å². The summed E-state index contributed by atoms with van der Waals surface area (Å²) in [6, 6.07) is 0.844. The number of allylic oxidation sites excluding steroid dienone is 4. The molecule has 1 saturated heterocycles. The first-order valence-corrected chi connectivity index (χ1v) is 28.1. The van der Waals surface area contributed by atoms with E-state index in [1.54, 1.807) is 47.0 Å². The highest BCUT2D eigenvalue weighted by Crippen LogP contribution is 2.26. The number of amides is 7. The van der Waals surface area contributed by atoms with Gasteiger partial charge >= 0.3 is 5.97 Å². The molecule has 440 valence electrons. The predicted molar refractivity (Wildman–Crippen MR) is 305 cm³/mol. The molecule has 3 rings (SSSR count). The predicted octanol–water partition coefficient (Wildman–Crippen LogP) is 5.02. The minimum atomic E-state index is -1.31. The van der Waals surface area contributed by atoms with Crippen LogP contribution in [0, 0.1) is 17.8 Å².